The Hall–Kier alpha value is -3.47. The van der Waals surface area contributed by atoms with Gasteiger partial charge in [-0.1, -0.05) is 65.0 Å². The highest BCUT2D eigenvalue weighted by Gasteiger charge is 2.28. The monoisotopic (exact) mass is 448 g/mol. The number of benzene rings is 2. The van der Waals surface area contributed by atoms with Crippen molar-refractivity contribution in [3.05, 3.63) is 92.6 Å². The normalized spacial score (nSPS) is 12.6. The highest BCUT2D eigenvalue weighted by molar-refractivity contribution is 5.58. The second-order valence-electron chi connectivity index (χ2n) is 9.69. The van der Waals surface area contributed by atoms with Gasteiger partial charge in [-0.15, -0.1) is 0 Å². The standard InChI is InChI=1S/C28H32O5/c1-16(2)18-9-12-21(26(31)23(29)13-18)25(17-7-10-20(33-6)11-8-17)22-14-19(28(3,4)5)15-24(30)27(22)32/h7-16,25,30,32H,1-6H3,(H,29,31). The van der Waals surface area contributed by atoms with Gasteiger partial charge in [0, 0.05) is 17.0 Å². The van der Waals surface area contributed by atoms with Crippen LogP contribution in [0.3, 0.4) is 0 Å². The van der Waals surface area contributed by atoms with Crippen molar-refractivity contribution in [1.82, 2.24) is 0 Å². The maximum absolute atomic E-state index is 12.8. The van der Waals surface area contributed by atoms with E-state index < -0.39 is 11.3 Å². The fourth-order valence-corrected chi connectivity index (χ4v) is 3.88. The molecule has 0 heterocycles. The molecule has 3 aromatic rings. The van der Waals surface area contributed by atoms with Gasteiger partial charge in [0.15, 0.2) is 17.2 Å². The van der Waals surface area contributed by atoms with Gasteiger partial charge < -0.3 is 20.1 Å². The Morgan fingerprint density at radius 1 is 0.788 bits per heavy atom. The Morgan fingerprint density at radius 3 is 1.94 bits per heavy atom. The summed E-state index contributed by atoms with van der Waals surface area (Å²) in [4.78, 5) is 12.8. The first kappa shape index (κ1) is 24.2. The van der Waals surface area contributed by atoms with Crippen molar-refractivity contribution in [1.29, 1.82) is 0 Å². The van der Waals surface area contributed by atoms with E-state index >= 15 is 0 Å². The summed E-state index contributed by atoms with van der Waals surface area (Å²) >= 11 is 0. The molecule has 0 aliphatic carbocycles. The Morgan fingerprint density at radius 2 is 1.39 bits per heavy atom. The van der Waals surface area contributed by atoms with Crippen LogP contribution in [0.1, 0.15) is 74.3 Å². The summed E-state index contributed by atoms with van der Waals surface area (Å²) in [5, 5.41) is 32.4. The van der Waals surface area contributed by atoms with Crippen molar-refractivity contribution in [3.8, 4) is 23.0 Å². The van der Waals surface area contributed by atoms with Crippen LogP contribution in [0.4, 0.5) is 0 Å². The lowest BCUT2D eigenvalue weighted by Gasteiger charge is -2.25. The van der Waals surface area contributed by atoms with Crippen molar-refractivity contribution in [2.45, 2.75) is 51.9 Å². The van der Waals surface area contributed by atoms with E-state index in [1.807, 2.05) is 58.9 Å². The van der Waals surface area contributed by atoms with Crippen LogP contribution in [-0.4, -0.2) is 22.4 Å². The van der Waals surface area contributed by atoms with Gasteiger partial charge in [-0.05, 0) is 52.3 Å². The molecule has 0 amide bonds. The molecule has 0 bridgehead atoms. The van der Waals surface area contributed by atoms with Crippen LogP contribution in [-0.2, 0) is 5.41 Å². The maximum Gasteiger partial charge on any atom is 0.220 e. The molecule has 0 fully saturated rings. The van der Waals surface area contributed by atoms with Crippen LogP contribution in [0.2, 0.25) is 0 Å². The smallest absolute Gasteiger partial charge is 0.220 e. The van der Waals surface area contributed by atoms with E-state index in [0.717, 1.165) is 16.7 Å². The summed E-state index contributed by atoms with van der Waals surface area (Å²) in [7, 11) is 1.57. The fraction of sp³-hybridized carbons (Fsp3) is 0.321. The van der Waals surface area contributed by atoms with Gasteiger partial charge in [0.05, 0.1) is 7.11 Å². The molecule has 33 heavy (non-hydrogen) atoms. The summed E-state index contributed by atoms with van der Waals surface area (Å²) in [5.74, 6) is -0.875. The van der Waals surface area contributed by atoms with Gasteiger partial charge in [0.25, 0.3) is 0 Å². The van der Waals surface area contributed by atoms with E-state index in [-0.39, 0.29) is 28.6 Å². The molecule has 0 aliphatic heterocycles. The van der Waals surface area contributed by atoms with Crippen molar-refractivity contribution in [2.24, 2.45) is 0 Å². The first-order valence-electron chi connectivity index (χ1n) is 11.0. The number of methoxy groups -OCH3 is 1. The van der Waals surface area contributed by atoms with E-state index in [9.17, 15) is 20.1 Å². The molecule has 0 spiro atoms. The van der Waals surface area contributed by atoms with Crippen LogP contribution in [0.15, 0.2) is 59.4 Å². The number of rotatable bonds is 5. The zero-order valence-corrected chi connectivity index (χ0v) is 20.0. The molecule has 0 saturated carbocycles. The molecule has 0 saturated heterocycles. The highest BCUT2D eigenvalue weighted by Crippen LogP contribution is 2.45. The zero-order valence-electron chi connectivity index (χ0n) is 20.0. The van der Waals surface area contributed by atoms with Gasteiger partial charge in [0.2, 0.25) is 5.43 Å². The van der Waals surface area contributed by atoms with Gasteiger partial charge in [-0.25, -0.2) is 0 Å². The van der Waals surface area contributed by atoms with Crippen LogP contribution >= 0.6 is 0 Å². The largest absolute Gasteiger partial charge is 0.504 e. The van der Waals surface area contributed by atoms with Crippen molar-refractivity contribution >= 4 is 0 Å². The van der Waals surface area contributed by atoms with E-state index in [1.54, 1.807) is 31.4 Å². The molecule has 0 aliphatic rings. The number of hydrogen-bond donors (Lipinski definition) is 3. The molecule has 5 nitrogen and oxygen atoms in total. The summed E-state index contributed by atoms with van der Waals surface area (Å²) in [5.41, 5.74) is 2.29. The average Bonchev–Trinajstić information content (AvgIpc) is 2.90. The molecular weight excluding hydrogens is 416 g/mol. The summed E-state index contributed by atoms with van der Waals surface area (Å²) < 4.78 is 5.28. The Labute approximate surface area is 194 Å². The van der Waals surface area contributed by atoms with E-state index in [1.165, 1.54) is 6.07 Å². The van der Waals surface area contributed by atoms with E-state index in [0.29, 0.717) is 16.9 Å². The molecule has 0 aromatic heterocycles. The van der Waals surface area contributed by atoms with Crippen LogP contribution in [0, 0.1) is 0 Å². The minimum atomic E-state index is -0.704. The van der Waals surface area contributed by atoms with Gasteiger partial charge in [0.1, 0.15) is 5.75 Å². The van der Waals surface area contributed by atoms with Crippen LogP contribution < -0.4 is 10.2 Å². The number of aromatic hydroxyl groups is 3. The Balaban J connectivity index is 2.39. The predicted octanol–water partition coefficient (Wildman–Crippen LogP) is 5.77. The van der Waals surface area contributed by atoms with Gasteiger partial charge in [-0.3, -0.25) is 4.79 Å². The number of phenolic OH excluding ortho intramolecular Hbond substituents is 2. The van der Waals surface area contributed by atoms with Crippen LogP contribution in [0.25, 0.3) is 0 Å². The lowest BCUT2D eigenvalue weighted by atomic mass is 9.80. The van der Waals surface area contributed by atoms with Crippen molar-refractivity contribution in [2.75, 3.05) is 7.11 Å². The number of hydrogen-bond acceptors (Lipinski definition) is 5. The second-order valence-corrected chi connectivity index (χ2v) is 9.69. The SMILES string of the molecule is COc1ccc(C(c2cc(C(C)(C)C)cc(O)c2O)c2ccc(C(C)C)cc(=O)c2O)cc1. The minimum Gasteiger partial charge on any atom is -0.504 e. The van der Waals surface area contributed by atoms with Crippen LogP contribution in [0.5, 0.6) is 23.0 Å². The minimum absolute atomic E-state index is 0.0958. The van der Waals surface area contributed by atoms with Gasteiger partial charge >= 0.3 is 0 Å². The van der Waals surface area contributed by atoms with Crippen molar-refractivity contribution < 1.29 is 20.1 Å². The number of phenols is 2. The quantitative estimate of drug-likeness (QED) is 0.431. The molecule has 174 valence electrons. The van der Waals surface area contributed by atoms with E-state index in [2.05, 4.69) is 0 Å². The summed E-state index contributed by atoms with van der Waals surface area (Å²) in [6.45, 7) is 9.98. The molecule has 0 radical (unpaired) electrons. The highest BCUT2D eigenvalue weighted by atomic mass is 16.5. The lowest BCUT2D eigenvalue weighted by molar-refractivity contribution is 0.395. The summed E-state index contributed by atoms with van der Waals surface area (Å²) in [6, 6.07) is 15.6. The topological polar surface area (TPSA) is 87.0 Å². The zero-order chi connectivity index (χ0) is 24.5. The lowest BCUT2D eigenvalue weighted by Crippen LogP contribution is -2.13. The maximum atomic E-state index is 12.8. The fourth-order valence-electron chi connectivity index (χ4n) is 3.88. The molecule has 1 unspecified atom stereocenters. The first-order chi connectivity index (χ1) is 15.4. The molecular formula is C28H32O5. The first-order valence-corrected chi connectivity index (χ1v) is 11.0. The van der Waals surface area contributed by atoms with Crippen molar-refractivity contribution in [3.63, 3.8) is 0 Å². The molecule has 3 aromatic carbocycles. The third-order valence-corrected chi connectivity index (χ3v) is 5.98. The second kappa shape index (κ2) is 9.18. The van der Waals surface area contributed by atoms with Gasteiger partial charge in [-0.2, -0.15) is 0 Å². The predicted molar refractivity (Wildman–Crippen MR) is 131 cm³/mol. The van der Waals surface area contributed by atoms with E-state index in [4.69, 9.17) is 4.74 Å². The Kier molecular flexibility index (Phi) is 6.73. The third kappa shape index (κ3) is 4.98. The summed E-state index contributed by atoms with van der Waals surface area (Å²) in [6.07, 6.45) is 0. The Bertz CT molecular complexity index is 1200. The molecule has 3 N–H and O–H groups in total. The number of ether oxygens (including phenoxy) is 1. The third-order valence-electron chi connectivity index (χ3n) is 5.98. The molecule has 5 heteroatoms. The molecule has 1 atom stereocenters. The molecule has 3 rings (SSSR count). The average molecular weight is 449 g/mol.